The molecule has 12 heteroatoms. The molecule has 0 saturated carbocycles. The van der Waals surface area contributed by atoms with Crippen LogP contribution in [0.25, 0.3) is 0 Å². The highest BCUT2D eigenvalue weighted by molar-refractivity contribution is 5.93. The van der Waals surface area contributed by atoms with Gasteiger partial charge in [-0.25, -0.2) is 9.59 Å². The van der Waals surface area contributed by atoms with Crippen molar-refractivity contribution in [3.05, 3.63) is 35.9 Å². The van der Waals surface area contributed by atoms with Crippen LogP contribution in [0.5, 0.6) is 0 Å². The van der Waals surface area contributed by atoms with E-state index in [1.165, 1.54) is 0 Å². The highest BCUT2D eigenvalue weighted by Crippen LogP contribution is 2.10. The second-order valence-electron chi connectivity index (χ2n) is 11.7. The Morgan fingerprint density at radius 3 is 2.02 bits per heavy atom. The van der Waals surface area contributed by atoms with Crippen molar-refractivity contribution in [3.63, 3.8) is 0 Å². The van der Waals surface area contributed by atoms with Gasteiger partial charge in [-0.05, 0) is 57.4 Å². The average molecular weight is 578 g/mol. The van der Waals surface area contributed by atoms with Crippen molar-refractivity contribution in [1.82, 2.24) is 21.3 Å². The summed E-state index contributed by atoms with van der Waals surface area (Å²) in [5, 5.41) is 10.5. The largest absolute Gasteiger partial charge is 0.445 e. The molecule has 0 radical (unpaired) electrons. The lowest BCUT2D eigenvalue weighted by Crippen LogP contribution is -2.58. The second kappa shape index (κ2) is 17.1. The number of amides is 5. The van der Waals surface area contributed by atoms with Crippen LogP contribution in [0.4, 0.5) is 9.59 Å². The van der Waals surface area contributed by atoms with E-state index in [-0.39, 0.29) is 31.4 Å². The third kappa shape index (κ3) is 14.9. The monoisotopic (exact) mass is 577 g/mol. The zero-order valence-corrected chi connectivity index (χ0v) is 25.2. The van der Waals surface area contributed by atoms with Gasteiger partial charge >= 0.3 is 12.2 Å². The molecule has 0 heterocycles. The molecular formula is C29H47N5O7. The summed E-state index contributed by atoms with van der Waals surface area (Å²) >= 11 is 0. The number of hydrogen-bond donors (Lipinski definition) is 5. The fourth-order valence-corrected chi connectivity index (χ4v) is 3.76. The van der Waals surface area contributed by atoms with Crippen molar-refractivity contribution in [3.8, 4) is 0 Å². The summed E-state index contributed by atoms with van der Waals surface area (Å²) < 4.78 is 10.5. The number of carbonyl (C=O) groups excluding carboxylic acids is 5. The van der Waals surface area contributed by atoms with E-state index < -0.39 is 53.6 Å². The topological polar surface area (TPSA) is 178 Å². The Kier molecular flexibility index (Phi) is 14.7. The van der Waals surface area contributed by atoms with Crippen molar-refractivity contribution >= 4 is 29.9 Å². The first-order valence-electron chi connectivity index (χ1n) is 13.9. The van der Waals surface area contributed by atoms with Crippen LogP contribution in [-0.4, -0.2) is 60.2 Å². The van der Waals surface area contributed by atoms with Gasteiger partial charge in [-0.1, -0.05) is 58.0 Å². The van der Waals surface area contributed by atoms with Crippen LogP contribution >= 0.6 is 0 Å². The molecule has 1 aromatic carbocycles. The molecule has 0 aliphatic rings. The summed E-state index contributed by atoms with van der Waals surface area (Å²) in [6.45, 7) is 12.7. The van der Waals surface area contributed by atoms with Crippen molar-refractivity contribution in [2.75, 3.05) is 6.54 Å². The fraction of sp³-hybridized carbons (Fsp3) is 0.621. The molecule has 0 spiro atoms. The maximum Gasteiger partial charge on any atom is 0.408 e. The van der Waals surface area contributed by atoms with Gasteiger partial charge < -0.3 is 36.5 Å². The van der Waals surface area contributed by atoms with Crippen LogP contribution in [0.15, 0.2) is 30.3 Å². The molecule has 0 aliphatic heterocycles. The first-order valence-corrected chi connectivity index (χ1v) is 13.9. The molecule has 0 aliphatic carbocycles. The van der Waals surface area contributed by atoms with E-state index in [1.807, 2.05) is 44.2 Å². The van der Waals surface area contributed by atoms with E-state index in [2.05, 4.69) is 21.3 Å². The minimum absolute atomic E-state index is 0.103. The number of benzene rings is 1. The van der Waals surface area contributed by atoms with Crippen LogP contribution < -0.4 is 27.0 Å². The van der Waals surface area contributed by atoms with E-state index in [9.17, 15) is 24.0 Å². The maximum atomic E-state index is 13.3. The lowest BCUT2D eigenvalue weighted by atomic mass is 9.99. The number of hydrogen-bond acceptors (Lipinski definition) is 7. The molecule has 0 aromatic heterocycles. The molecule has 5 amide bonds. The highest BCUT2D eigenvalue weighted by Gasteiger charge is 2.31. The molecule has 6 N–H and O–H groups in total. The Balaban J connectivity index is 2.84. The zero-order chi connectivity index (χ0) is 31.2. The van der Waals surface area contributed by atoms with Crippen molar-refractivity contribution < 1.29 is 33.4 Å². The summed E-state index contributed by atoms with van der Waals surface area (Å²) in [6.07, 6.45) is -0.622. The third-order valence-corrected chi connectivity index (χ3v) is 5.77. The van der Waals surface area contributed by atoms with E-state index in [0.717, 1.165) is 5.56 Å². The van der Waals surface area contributed by atoms with Gasteiger partial charge in [0.25, 0.3) is 0 Å². The Morgan fingerprint density at radius 1 is 0.854 bits per heavy atom. The number of ether oxygens (including phenoxy) is 2. The molecule has 1 rings (SSSR count). The number of primary amides is 1. The van der Waals surface area contributed by atoms with Gasteiger partial charge in [0.2, 0.25) is 17.7 Å². The van der Waals surface area contributed by atoms with Gasteiger partial charge in [-0.2, -0.15) is 0 Å². The van der Waals surface area contributed by atoms with Crippen LogP contribution in [-0.2, 0) is 30.5 Å². The van der Waals surface area contributed by atoms with Gasteiger partial charge in [0, 0.05) is 6.54 Å². The van der Waals surface area contributed by atoms with Gasteiger partial charge in [0.15, 0.2) is 0 Å². The lowest BCUT2D eigenvalue weighted by molar-refractivity contribution is -0.133. The van der Waals surface area contributed by atoms with E-state index in [0.29, 0.717) is 12.8 Å². The predicted octanol–water partition coefficient (Wildman–Crippen LogP) is 2.74. The SMILES string of the molecule is CC(C)C[C@H](NC(=O)[C@@H](NC(=O)[C@H](CCCNC(=O)OCc1ccccc1)NC(=O)OC(C)(C)C)C(C)C)C(N)=O. The molecule has 12 nitrogen and oxygen atoms in total. The third-order valence-electron chi connectivity index (χ3n) is 5.77. The van der Waals surface area contributed by atoms with E-state index in [4.69, 9.17) is 15.2 Å². The first kappa shape index (κ1) is 35.2. The zero-order valence-electron chi connectivity index (χ0n) is 25.2. The van der Waals surface area contributed by atoms with Crippen LogP contribution in [0.3, 0.4) is 0 Å². The molecule has 0 unspecified atom stereocenters. The smallest absolute Gasteiger partial charge is 0.408 e. The Hall–Kier alpha value is -3.83. The van der Waals surface area contributed by atoms with Crippen molar-refractivity contribution in [2.45, 2.75) is 98.1 Å². The molecule has 0 bridgehead atoms. The van der Waals surface area contributed by atoms with E-state index >= 15 is 0 Å². The average Bonchev–Trinajstić information content (AvgIpc) is 2.86. The fourth-order valence-electron chi connectivity index (χ4n) is 3.76. The van der Waals surface area contributed by atoms with Crippen LogP contribution in [0.2, 0.25) is 0 Å². The maximum absolute atomic E-state index is 13.3. The Bertz CT molecular complexity index is 1010. The minimum atomic E-state index is -1.07. The highest BCUT2D eigenvalue weighted by atomic mass is 16.6. The molecule has 3 atom stereocenters. The molecule has 230 valence electrons. The number of alkyl carbamates (subject to hydrolysis) is 2. The summed E-state index contributed by atoms with van der Waals surface area (Å²) in [5.41, 5.74) is 5.51. The standard InChI is InChI=1S/C29H47N5O7/c1-18(2)16-22(24(30)35)32-26(37)23(19(3)4)34-25(36)21(33-28(39)41-29(5,6)7)14-11-15-31-27(38)40-17-20-12-9-8-10-13-20/h8-10,12-13,18-19,21-23H,11,14-17H2,1-7H3,(H2,30,35)(H,31,38)(H,32,37)(H,33,39)(H,34,36)/t21-,22-,23-/m0/s1. The Labute approximate surface area is 242 Å². The molecule has 1 aromatic rings. The molecule has 0 saturated heterocycles. The molecular weight excluding hydrogens is 530 g/mol. The number of nitrogens with one attached hydrogen (secondary N) is 4. The quantitative estimate of drug-likeness (QED) is 0.199. The van der Waals surface area contributed by atoms with E-state index in [1.54, 1.807) is 34.6 Å². The summed E-state index contributed by atoms with van der Waals surface area (Å²) in [5.74, 6) is -2.08. The van der Waals surface area contributed by atoms with Gasteiger partial charge in [-0.3, -0.25) is 14.4 Å². The van der Waals surface area contributed by atoms with Crippen molar-refractivity contribution in [1.29, 1.82) is 0 Å². The number of carbonyl (C=O) groups is 5. The summed E-state index contributed by atoms with van der Waals surface area (Å²) in [7, 11) is 0. The van der Waals surface area contributed by atoms with Gasteiger partial charge in [0.1, 0.15) is 30.3 Å². The molecule has 41 heavy (non-hydrogen) atoms. The lowest BCUT2D eigenvalue weighted by Gasteiger charge is -2.28. The minimum Gasteiger partial charge on any atom is -0.445 e. The second-order valence-corrected chi connectivity index (χ2v) is 11.7. The van der Waals surface area contributed by atoms with Crippen LogP contribution in [0, 0.1) is 11.8 Å². The predicted molar refractivity (Wildman–Crippen MR) is 154 cm³/mol. The van der Waals surface area contributed by atoms with Gasteiger partial charge in [-0.15, -0.1) is 0 Å². The van der Waals surface area contributed by atoms with Crippen molar-refractivity contribution in [2.24, 2.45) is 17.6 Å². The summed E-state index contributed by atoms with van der Waals surface area (Å²) in [4.78, 5) is 62.7. The van der Waals surface area contributed by atoms with Crippen LogP contribution in [0.1, 0.15) is 73.3 Å². The van der Waals surface area contributed by atoms with Gasteiger partial charge in [0.05, 0.1) is 0 Å². The first-order chi connectivity index (χ1) is 19.1. The Morgan fingerprint density at radius 2 is 1.49 bits per heavy atom. The normalized spacial score (nSPS) is 13.5. The summed E-state index contributed by atoms with van der Waals surface area (Å²) in [6, 6.07) is 6.27. The number of nitrogens with two attached hydrogens (primary N) is 1. The number of rotatable bonds is 15. The molecule has 0 fully saturated rings.